The number of carbonyl (C=O) groups excluding carboxylic acids is 1. The molecule has 1 N–H and O–H groups in total. The molecule has 0 unspecified atom stereocenters. The van der Waals surface area contributed by atoms with Crippen molar-refractivity contribution in [3.05, 3.63) is 111 Å². The molecule has 0 aliphatic heterocycles. The Labute approximate surface area is 202 Å². The summed E-state index contributed by atoms with van der Waals surface area (Å²) in [5.41, 5.74) is 1.14. The molecule has 0 aliphatic carbocycles. The summed E-state index contributed by atoms with van der Waals surface area (Å²) in [6.07, 6.45) is 1.32. The van der Waals surface area contributed by atoms with E-state index in [0.29, 0.717) is 16.3 Å². The molecule has 0 bridgehead atoms. The molecule has 4 aromatic rings. The van der Waals surface area contributed by atoms with Gasteiger partial charge >= 0.3 is 0 Å². The Balaban J connectivity index is 1.42. The van der Waals surface area contributed by atoms with Crippen molar-refractivity contribution >= 4 is 23.3 Å². The smallest absolute Gasteiger partial charge is 0.256 e. The molecule has 1 heterocycles. The van der Waals surface area contributed by atoms with Crippen LogP contribution in [0.2, 0.25) is 5.02 Å². The molecule has 35 heavy (non-hydrogen) atoms. The van der Waals surface area contributed by atoms with Crippen molar-refractivity contribution in [3.8, 4) is 5.75 Å². The second kappa shape index (κ2) is 10.2. The van der Waals surface area contributed by atoms with E-state index in [9.17, 15) is 22.4 Å². The van der Waals surface area contributed by atoms with Gasteiger partial charge in [-0.25, -0.2) is 17.6 Å². The largest absolute Gasteiger partial charge is 0.489 e. The van der Waals surface area contributed by atoms with Crippen LogP contribution in [0.4, 0.5) is 23.4 Å². The summed E-state index contributed by atoms with van der Waals surface area (Å²) in [4.78, 5) is 12.7. The van der Waals surface area contributed by atoms with E-state index in [1.807, 2.05) is 6.92 Å². The standard InChI is InChI=1S/C25H18ClF4N3O2/c1-14-9-17(26)5-6-21(14)35-13-15-3-2-4-16(10-15)25(34)31-22-7-8-33(32-22)12-18-23(29)19(27)11-20(28)24(18)30/h2-11H,12-13H2,1H3,(H,31,32,34). The van der Waals surface area contributed by atoms with Crippen LogP contribution in [0.1, 0.15) is 27.0 Å². The van der Waals surface area contributed by atoms with Crippen molar-refractivity contribution < 1.29 is 27.1 Å². The number of amides is 1. The first kappa shape index (κ1) is 24.3. The van der Waals surface area contributed by atoms with Crippen molar-refractivity contribution in [1.29, 1.82) is 0 Å². The summed E-state index contributed by atoms with van der Waals surface area (Å²) in [5.74, 6) is -5.74. The fraction of sp³-hybridized carbons (Fsp3) is 0.120. The van der Waals surface area contributed by atoms with Gasteiger partial charge in [0.2, 0.25) is 0 Å². The number of nitrogens with one attached hydrogen (secondary N) is 1. The topological polar surface area (TPSA) is 56.1 Å². The van der Waals surface area contributed by atoms with Crippen molar-refractivity contribution in [1.82, 2.24) is 9.78 Å². The van der Waals surface area contributed by atoms with Crippen LogP contribution in [0.15, 0.2) is 60.8 Å². The normalized spacial score (nSPS) is 10.9. The first-order valence-electron chi connectivity index (χ1n) is 10.4. The number of anilines is 1. The fourth-order valence-electron chi connectivity index (χ4n) is 3.37. The summed E-state index contributed by atoms with van der Waals surface area (Å²) >= 11 is 5.95. The van der Waals surface area contributed by atoms with Crippen LogP contribution >= 0.6 is 11.6 Å². The van der Waals surface area contributed by atoms with Gasteiger partial charge in [0.1, 0.15) is 12.4 Å². The number of aromatic nitrogens is 2. The molecule has 0 spiro atoms. The van der Waals surface area contributed by atoms with Crippen molar-refractivity contribution in [3.63, 3.8) is 0 Å². The summed E-state index contributed by atoms with van der Waals surface area (Å²) in [5, 5.41) is 7.18. The zero-order valence-electron chi connectivity index (χ0n) is 18.3. The molecular weight excluding hydrogens is 486 g/mol. The van der Waals surface area contributed by atoms with Crippen LogP contribution in [0.5, 0.6) is 5.75 Å². The number of hydrogen-bond acceptors (Lipinski definition) is 3. The number of halogens is 5. The van der Waals surface area contributed by atoms with Crippen LogP contribution < -0.4 is 10.1 Å². The maximum absolute atomic E-state index is 13.9. The number of benzene rings is 3. The molecule has 1 amide bonds. The fourth-order valence-corrected chi connectivity index (χ4v) is 3.59. The van der Waals surface area contributed by atoms with Crippen LogP contribution in [-0.2, 0) is 13.2 Å². The predicted molar refractivity (Wildman–Crippen MR) is 123 cm³/mol. The molecule has 180 valence electrons. The van der Waals surface area contributed by atoms with E-state index >= 15 is 0 Å². The summed E-state index contributed by atoms with van der Waals surface area (Å²) in [6.45, 7) is 1.52. The zero-order chi connectivity index (χ0) is 25.1. The highest BCUT2D eigenvalue weighted by atomic mass is 35.5. The van der Waals surface area contributed by atoms with Gasteiger partial charge in [-0.1, -0.05) is 23.7 Å². The molecular formula is C25H18ClF4N3O2. The Morgan fingerprint density at radius 3 is 2.49 bits per heavy atom. The summed E-state index contributed by atoms with van der Waals surface area (Å²) < 4.78 is 61.5. The SMILES string of the molecule is Cc1cc(Cl)ccc1OCc1cccc(C(=O)Nc2ccn(Cc3c(F)c(F)cc(F)c3F)n2)c1. The van der Waals surface area contributed by atoms with Gasteiger partial charge in [0.25, 0.3) is 5.91 Å². The zero-order valence-corrected chi connectivity index (χ0v) is 19.0. The van der Waals surface area contributed by atoms with Gasteiger partial charge in [0.05, 0.1) is 12.1 Å². The highest BCUT2D eigenvalue weighted by Crippen LogP contribution is 2.23. The molecule has 3 aromatic carbocycles. The van der Waals surface area contributed by atoms with E-state index in [0.717, 1.165) is 15.8 Å². The first-order chi connectivity index (χ1) is 16.7. The van der Waals surface area contributed by atoms with E-state index in [2.05, 4.69) is 10.4 Å². The van der Waals surface area contributed by atoms with Crippen LogP contribution in [0.3, 0.4) is 0 Å². The van der Waals surface area contributed by atoms with E-state index < -0.39 is 41.3 Å². The molecule has 0 saturated heterocycles. The van der Waals surface area contributed by atoms with Gasteiger partial charge in [0.15, 0.2) is 29.1 Å². The first-order valence-corrected chi connectivity index (χ1v) is 10.7. The molecule has 5 nitrogen and oxygen atoms in total. The maximum Gasteiger partial charge on any atom is 0.256 e. The lowest BCUT2D eigenvalue weighted by Gasteiger charge is -2.10. The lowest BCUT2D eigenvalue weighted by Crippen LogP contribution is -2.14. The van der Waals surface area contributed by atoms with Gasteiger partial charge < -0.3 is 10.1 Å². The minimum atomic E-state index is -1.50. The third-order valence-corrected chi connectivity index (χ3v) is 5.36. The van der Waals surface area contributed by atoms with E-state index in [1.54, 1.807) is 42.5 Å². The third kappa shape index (κ3) is 5.63. The second-order valence-electron chi connectivity index (χ2n) is 7.70. The number of ether oxygens (including phenoxy) is 1. The van der Waals surface area contributed by atoms with Gasteiger partial charge in [-0.2, -0.15) is 5.10 Å². The molecule has 0 aliphatic rings. The number of nitrogens with zero attached hydrogens (tertiary/aromatic N) is 2. The number of aryl methyl sites for hydroxylation is 1. The average molecular weight is 504 g/mol. The van der Waals surface area contributed by atoms with Crippen molar-refractivity contribution in [2.45, 2.75) is 20.1 Å². The number of carbonyl (C=O) groups is 1. The van der Waals surface area contributed by atoms with Gasteiger partial charge in [-0.05, 0) is 48.4 Å². The van der Waals surface area contributed by atoms with E-state index in [1.165, 1.54) is 12.3 Å². The highest BCUT2D eigenvalue weighted by Gasteiger charge is 2.20. The molecule has 0 fully saturated rings. The minimum absolute atomic E-state index is 0.0890. The lowest BCUT2D eigenvalue weighted by molar-refractivity contribution is 0.102. The Hall–Kier alpha value is -3.85. The Bertz CT molecular complexity index is 1380. The summed E-state index contributed by atoms with van der Waals surface area (Å²) in [6, 6.07) is 13.6. The second-order valence-corrected chi connectivity index (χ2v) is 8.13. The molecule has 1 aromatic heterocycles. The highest BCUT2D eigenvalue weighted by molar-refractivity contribution is 6.30. The van der Waals surface area contributed by atoms with Crippen LogP contribution in [0.25, 0.3) is 0 Å². The lowest BCUT2D eigenvalue weighted by atomic mass is 10.1. The Morgan fingerprint density at radius 1 is 1.03 bits per heavy atom. The van der Waals surface area contributed by atoms with Crippen LogP contribution in [0, 0.1) is 30.2 Å². The number of rotatable bonds is 7. The minimum Gasteiger partial charge on any atom is -0.489 e. The Kier molecular flexibility index (Phi) is 7.07. The van der Waals surface area contributed by atoms with Gasteiger partial charge in [-0.15, -0.1) is 0 Å². The molecule has 10 heteroatoms. The van der Waals surface area contributed by atoms with Crippen LogP contribution in [-0.4, -0.2) is 15.7 Å². The molecule has 0 radical (unpaired) electrons. The number of hydrogen-bond donors (Lipinski definition) is 1. The monoisotopic (exact) mass is 503 g/mol. The molecule has 0 saturated carbocycles. The molecule has 4 rings (SSSR count). The predicted octanol–water partition coefficient (Wildman–Crippen LogP) is 6.28. The third-order valence-electron chi connectivity index (χ3n) is 5.13. The average Bonchev–Trinajstić information content (AvgIpc) is 3.27. The Morgan fingerprint density at radius 2 is 1.77 bits per heavy atom. The van der Waals surface area contributed by atoms with E-state index in [-0.39, 0.29) is 18.5 Å². The van der Waals surface area contributed by atoms with Gasteiger partial charge in [-0.3, -0.25) is 9.48 Å². The maximum atomic E-state index is 13.9. The summed E-state index contributed by atoms with van der Waals surface area (Å²) in [7, 11) is 0. The van der Waals surface area contributed by atoms with Crippen molar-refractivity contribution in [2.24, 2.45) is 0 Å². The van der Waals surface area contributed by atoms with Crippen molar-refractivity contribution in [2.75, 3.05) is 5.32 Å². The quantitative estimate of drug-likeness (QED) is 0.238. The molecule has 0 atom stereocenters. The van der Waals surface area contributed by atoms with Gasteiger partial charge in [0, 0.05) is 28.9 Å². The van der Waals surface area contributed by atoms with E-state index in [4.69, 9.17) is 16.3 Å².